The molecule has 0 saturated carbocycles. The highest BCUT2D eigenvalue weighted by molar-refractivity contribution is 7.22. The van der Waals surface area contributed by atoms with Crippen molar-refractivity contribution in [2.45, 2.75) is 6.18 Å². The maximum Gasteiger partial charge on any atom is 0.431 e. The summed E-state index contributed by atoms with van der Waals surface area (Å²) in [5.41, 5.74) is -4.81. The number of thiazole rings is 1. The summed E-state index contributed by atoms with van der Waals surface area (Å²) in [6.07, 6.45) is 0.298. The van der Waals surface area contributed by atoms with Crippen LogP contribution in [0.2, 0.25) is 5.02 Å². The summed E-state index contributed by atoms with van der Waals surface area (Å²) >= 11 is 6.89. The van der Waals surface area contributed by atoms with Crippen LogP contribution >= 0.6 is 22.9 Å². The molecule has 3 aromatic rings. The summed E-state index contributed by atoms with van der Waals surface area (Å²) in [5.74, 6) is 1.32. The summed E-state index contributed by atoms with van der Waals surface area (Å²) in [7, 11) is 1.61. The number of alkyl halides is 3. The van der Waals surface area contributed by atoms with Crippen molar-refractivity contribution in [2.24, 2.45) is 0 Å². The second kappa shape index (κ2) is 6.96. The molecule has 2 heterocycles. The molecule has 0 atom stereocenters. The van der Waals surface area contributed by atoms with E-state index in [0.717, 1.165) is 17.4 Å². The minimum Gasteiger partial charge on any atom is -0.340 e. The predicted octanol–water partition coefficient (Wildman–Crippen LogP) is 3.02. The van der Waals surface area contributed by atoms with Gasteiger partial charge >= 0.3 is 11.9 Å². The highest BCUT2D eigenvalue weighted by Crippen LogP contribution is 2.37. The smallest absolute Gasteiger partial charge is 0.340 e. The van der Waals surface area contributed by atoms with Crippen molar-refractivity contribution in [2.75, 3.05) is 18.5 Å². The summed E-state index contributed by atoms with van der Waals surface area (Å²) in [5, 5.41) is 0.224. The SMILES string of the molecule is C#CCN(C)c1nc2c(Cl)cc(F)c(-n3c(=O)cc(C(F)(F)F)[nH]c3=O)c2s1. The molecule has 0 aliphatic heterocycles. The Labute approximate surface area is 163 Å². The average Bonchev–Trinajstić information content (AvgIpc) is 3.02. The number of anilines is 1. The lowest BCUT2D eigenvalue weighted by Gasteiger charge is -2.11. The first-order chi connectivity index (χ1) is 13.0. The van der Waals surface area contributed by atoms with Gasteiger partial charge in [0, 0.05) is 13.1 Å². The molecule has 0 bridgehead atoms. The Morgan fingerprint density at radius 1 is 1.39 bits per heavy atom. The third-order valence-corrected chi connectivity index (χ3v) is 5.12. The molecule has 0 unspecified atom stereocenters. The topological polar surface area (TPSA) is 71.0 Å². The first kappa shape index (κ1) is 19.9. The molecule has 12 heteroatoms. The number of rotatable bonds is 3. The fourth-order valence-electron chi connectivity index (χ4n) is 2.42. The molecule has 0 radical (unpaired) electrons. The molecule has 0 aliphatic rings. The monoisotopic (exact) mass is 432 g/mol. The number of H-pyrrole nitrogens is 1. The minimum atomic E-state index is -4.94. The first-order valence-corrected chi connectivity index (χ1v) is 8.61. The van der Waals surface area contributed by atoms with Crippen molar-refractivity contribution < 1.29 is 17.6 Å². The molecule has 0 spiro atoms. The van der Waals surface area contributed by atoms with Crippen molar-refractivity contribution >= 4 is 38.3 Å². The Balaban J connectivity index is 2.34. The summed E-state index contributed by atoms with van der Waals surface area (Å²) in [4.78, 5) is 31.7. The van der Waals surface area contributed by atoms with Crippen LogP contribution in [0.4, 0.5) is 22.7 Å². The van der Waals surface area contributed by atoms with E-state index in [1.165, 1.54) is 0 Å². The summed E-state index contributed by atoms with van der Waals surface area (Å²) < 4.78 is 53.3. The van der Waals surface area contributed by atoms with Crippen molar-refractivity contribution in [1.29, 1.82) is 0 Å². The number of fused-ring (bicyclic) bond motifs is 1. The van der Waals surface area contributed by atoms with E-state index in [9.17, 15) is 27.2 Å². The standard InChI is InChI=1S/C16H9ClF4N4O2S/c1-3-4-24(2)15-23-11-7(17)5-8(18)12(13(11)28-15)25-10(26)6-9(16(19,20)21)22-14(25)27/h1,5-6H,4H2,2H3,(H,22,27). The largest absolute Gasteiger partial charge is 0.431 e. The zero-order chi connectivity index (χ0) is 20.8. The van der Waals surface area contributed by atoms with E-state index in [-0.39, 0.29) is 32.4 Å². The van der Waals surface area contributed by atoms with Crippen molar-refractivity contribution in [3.05, 3.63) is 49.5 Å². The highest BCUT2D eigenvalue weighted by atomic mass is 35.5. The van der Waals surface area contributed by atoms with Crippen LogP contribution in [-0.4, -0.2) is 28.1 Å². The van der Waals surface area contributed by atoms with E-state index in [1.807, 2.05) is 0 Å². The van der Waals surface area contributed by atoms with Crippen molar-refractivity contribution in [3.8, 4) is 18.0 Å². The molecule has 1 N–H and O–H groups in total. The molecule has 146 valence electrons. The van der Waals surface area contributed by atoms with Crippen LogP contribution in [-0.2, 0) is 6.18 Å². The van der Waals surface area contributed by atoms with E-state index in [4.69, 9.17) is 18.0 Å². The fourth-order valence-corrected chi connectivity index (χ4v) is 3.79. The van der Waals surface area contributed by atoms with Crippen LogP contribution in [0.5, 0.6) is 0 Å². The zero-order valence-corrected chi connectivity index (χ0v) is 15.5. The van der Waals surface area contributed by atoms with Gasteiger partial charge in [-0.15, -0.1) is 6.42 Å². The van der Waals surface area contributed by atoms with Gasteiger partial charge in [-0.2, -0.15) is 13.2 Å². The van der Waals surface area contributed by atoms with E-state index >= 15 is 0 Å². The van der Waals surface area contributed by atoms with Gasteiger partial charge in [0.25, 0.3) is 5.56 Å². The third kappa shape index (κ3) is 3.36. The molecule has 0 aliphatic carbocycles. The molecule has 3 rings (SSSR count). The van der Waals surface area contributed by atoms with E-state index in [2.05, 4.69) is 10.9 Å². The number of benzene rings is 1. The maximum atomic E-state index is 14.6. The van der Waals surface area contributed by atoms with Crippen LogP contribution in [0.15, 0.2) is 21.7 Å². The molecule has 6 nitrogen and oxygen atoms in total. The van der Waals surface area contributed by atoms with Gasteiger partial charge in [0.15, 0.2) is 10.9 Å². The van der Waals surface area contributed by atoms with E-state index in [1.54, 1.807) is 16.9 Å². The molecule has 0 saturated heterocycles. The van der Waals surface area contributed by atoms with Crippen LogP contribution in [0.25, 0.3) is 15.9 Å². The highest BCUT2D eigenvalue weighted by Gasteiger charge is 2.33. The maximum absolute atomic E-state index is 14.6. The Bertz CT molecular complexity index is 1210. The van der Waals surface area contributed by atoms with Crippen molar-refractivity contribution in [3.63, 3.8) is 0 Å². The van der Waals surface area contributed by atoms with Gasteiger partial charge < -0.3 is 9.88 Å². The number of hydrogen-bond acceptors (Lipinski definition) is 5. The lowest BCUT2D eigenvalue weighted by atomic mass is 10.2. The van der Waals surface area contributed by atoms with Gasteiger partial charge in [0.1, 0.15) is 16.9 Å². The number of aromatic amines is 1. The quantitative estimate of drug-likeness (QED) is 0.510. The molecule has 1 aromatic carbocycles. The lowest BCUT2D eigenvalue weighted by Crippen LogP contribution is -2.36. The minimum absolute atomic E-state index is 0.0104. The Morgan fingerprint density at radius 2 is 2.07 bits per heavy atom. The Kier molecular flexibility index (Phi) is 4.95. The third-order valence-electron chi connectivity index (χ3n) is 3.65. The Hall–Kier alpha value is -2.84. The lowest BCUT2D eigenvalue weighted by molar-refractivity contribution is -0.141. The van der Waals surface area contributed by atoms with E-state index < -0.39 is 34.6 Å². The molecule has 28 heavy (non-hydrogen) atoms. The summed E-state index contributed by atoms with van der Waals surface area (Å²) in [6, 6.07) is 1.00. The Morgan fingerprint density at radius 3 is 2.64 bits per heavy atom. The average molecular weight is 433 g/mol. The van der Waals surface area contributed by atoms with Gasteiger partial charge in [-0.1, -0.05) is 28.9 Å². The predicted molar refractivity (Wildman–Crippen MR) is 97.9 cm³/mol. The van der Waals surface area contributed by atoms with Gasteiger partial charge in [0.05, 0.1) is 16.3 Å². The van der Waals surface area contributed by atoms with Crippen molar-refractivity contribution in [1.82, 2.24) is 14.5 Å². The van der Waals surface area contributed by atoms with Gasteiger partial charge in [-0.05, 0) is 6.07 Å². The normalized spacial score (nSPS) is 11.6. The summed E-state index contributed by atoms with van der Waals surface area (Å²) in [6.45, 7) is 0.163. The zero-order valence-electron chi connectivity index (χ0n) is 13.9. The number of halogens is 5. The molecular weight excluding hydrogens is 424 g/mol. The van der Waals surface area contributed by atoms with E-state index in [0.29, 0.717) is 5.13 Å². The molecule has 0 amide bonds. The van der Waals surface area contributed by atoms with Crippen LogP contribution in [0.3, 0.4) is 0 Å². The van der Waals surface area contributed by atoms with Gasteiger partial charge in [-0.25, -0.2) is 18.7 Å². The van der Waals surface area contributed by atoms with Gasteiger partial charge in [0.2, 0.25) is 0 Å². The second-order valence-electron chi connectivity index (χ2n) is 5.58. The molecule has 2 aromatic heterocycles. The second-order valence-corrected chi connectivity index (χ2v) is 6.97. The number of nitrogens with one attached hydrogen (secondary N) is 1. The first-order valence-electron chi connectivity index (χ1n) is 7.41. The number of nitrogens with zero attached hydrogens (tertiary/aromatic N) is 3. The number of aromatic nitrogens is 3. The van der Waals surface area contributed by atoms with Crippen LogP contribution < -0.4 is 16.1 Å². The van der Waals surface area contributed by atoms with Crippen LogP contribution in [0.1, 0.15) is 5.69 Å². The number of terminal acetylenes is 1. The van der Waals surface area contributed by atoms with Gasteiger partial charge in [-0.3, -0.25) is 4.79 Å². The molecular formula is C16H9ClF4N4O2S. The van der Waals surface area contributed by atoms with Crippen LogP contribution in [0, 0.1) is 18.2 Å². The molecule has 0 fully saturated rings. The number of hydrogen-bond donors (Lipinski definition) is 1. The fraction of sp³-hybridized carbons (Fsp3) is 0.188.